The summed E-state index contributed by atoms with van der Waals surface area (Å²) < 4.78 is 13.2. The highest BCUT2D eigenvalue weighted by molar-refractivity contribution is 5.76. The van der Waals surface area contributed by atoms with Crippen molar-refractivity contribution in [2.24, 2.45) is 5.92 Å². The van der Waals surface area contributed by atoms with Crippen molar-refractivity contribution in [3.63, 3.8) is 0 Å². The molecule has 0 bridgehead atoms. The van der Waals surface area contributed by atoms with Gasteiger partial charge in [0.15, 0.2) is 0 Å². The number of rotatable bonds is 3. The largest absolute Gasteiger partial charge is 0.481 e. The number of hydrogen-bond acceptors (Lipinski definition) is 1. The van der Waals surface area contributed by atoms with Gasteiger partial charge in [0.2, 0.25) is 0 Å². The van der Waals surface area contributed by atoms with Crippen molar-refractivity contribution in [3.8, 4) is 0 Å². The molecule has 1 aromatic rings. The molecule has 1 fully saturated rings. The Labute approximate surface area is 100 Å². The average molecular weight is 236 g/mol. The zero-order chi connectivity index (χ0) is 12.4. The summed E-state index contributed by atoms with van der Waals surface area (Å²) in [5.41, 5.74) is 1.26. The summed E-state index contributed by atoms with van der Waals surface area (Å²) in [6.45, 7) is 1.67. The van der Waals surface area contributed by atoms with Crippen molar-refractivity contribution in [1.29, 1.82) is 0 Å². The van der Waals surface area contributed by atoms with Crippen LogP contribution < -0.4 is 0 Å². The van der Waals surface area contributed by atoms with Crippen molar-refractivity contribution in [2.45, 2.75) is 38.5 Å². The van der Waals surface area contributed by atoms with Gasteiger partial charge in [-0.1, -0.05) is 25.0 Å². The third-order valence-corrected chi connectivity index (χ3v) is 3.68. The number of hydrogen-bond donors (Lipinski definition) is 1. The Hall–Kier alpha value is -1.38. The standard InChI is InChI=1S/C14H17FO2/c1-9-8-11(6-7-12(9)15)13(14(16)17)10-4-2-3-5-10/h6-8,10,13H,2-5H2,1H3,(H,16,17). The molecule has 92 valence electrons. The molecular formula is C14H17FO2. The molecule has 0 heterocycles. The number of benzene rings is 1. The first-order chi connectivity index (χ1) is 8.09. The summed E-state index contributed by atoms with van der Waals surface area (Å²) in [4.78, 5) is 11.4. The summed E-state index contributed by atoms with van der Waals surface area (Å²) in [7, 11) is 0. The summed E-state index contributed by atoms with van der Waals surface area (Å²) >= 11 is 0. The predicted octanol–water partition coefficient (Wildman–Crippen LogP) is 3.49. The number of aliphatic carboxylic acids is 1. The SMILES string of the molecule is Cc1cc(C(C(=O)O)C2CCCC2)ccc1F. The maximum Gasteiger partial charge on any atom is 0.311 e. The van der Waals surface area contributed by atoms with Gasteiger partial charge in [-0.15, -0.1) is 0 Å². The van der Waals surface area contributed by atoms with Gasteiger partial charge in [-0.25, -0.2) is 4.39 Å². The monoisotopic (exact) mass is 236 g/mol. The molecule has 17 heavy (non-hydrogen) atoms. The molecule has 0 saturated heterocycles. The molecule has 1 atom stereocenters. The zero-order valence-corrected chi connectivity index (χ0v) is 9.95. The minimum atomic E-state index is -0.789. The van der Waals surface area contributed by atoms with Crippen LogP contribution in [0, 0.1) is 18.7 Å². The number of carboxylic acid groups (broad SMARTS) is 1. The molecule has 2 nitrogen and oxygen atoms in total. The molecule has 1 unspecified atom stereocenters. The molecule has 0 amide bonds. The summed E-state index contributed by atoms with van der Waals surface area (Å²) in [5.74, 6) is -1.33. The van der Waals surface area contributed by atoms with E-state index in [2.05, 4.69) is 0 Å². The van der Waals surface area contributed by atoms with Crippen molar-refractivity contribution in [3.05, 3.63) is 35.1 Å². The Morgan fingerprint density at radius 2 is 2.06 bits per heavy atom. The third-order valence-electron chi connectivity index (χ3n) is 3.68. The number of carboxylic acids is 1. The van der Waals surface area contributed by atoms with E-state index >= 15 is 0 Å². The van der Waals surface area contributed by atoms with Crippen molar-refractivity contribution >= 4 is 5.97 Å². The molecule has 0 aromatic heterocycles. The summed E-state index contributed by atoms with van der Waals surface area (Å²) in [6.07, 6.45) is 4.14. The fraction of sp³-hybridized carbons (Fsp3) is 0.500. The second-order valence-corrected chi connectivity index (χ2v) is 4.87. The van der Waals surface area contributed by atoms with E-state index in [1.165, 1.54) is 6.07 Å². The quantitative estimate of drug-likeness (QED) is 0.872. The molecule has 0 aliphatic heterocycles. The van der Waals surface area contributed by atoms with Crippen LogP contribution in [0.4, 0.5) is 4.39 Å². The van der Waals surface area contributed by atoms with Gasteiger partial charge in [0, 0.05) is 0 Å². The lowest BCUT2D eigenvalue weighted by Crippen LogP contribution is -2.19. The normalized spacial score (nSPS) is 18.2. The molecule has 1 aromatic carbocycles. The maximum atomic E-state index is 13.2. The van der Waals surface area contributed by atoms with Gasteiger partial charge in [-0.05, 0) is 42.9 Å². The number of carbonyl (C=O) groups is 1. The van der Waals surface area contributed by atoms with Crippen LogP contribution in [0.5, 0.6) is 0 Å². The van der Waals surface area contributed by atoms with Gasteiger partial charge >= 0.3 is 5.97 Å². The molecule has 1 N–H and O–H groups in total. The van der Waals surface area contributed by atoms with Crippen LogP contribution >= 0.6 is 0 Å². The van der Waals surface area contributed by atoms with E-state index in [4.69, 9.17) is 0 Å². The van der Waals surface area contributed by atoms with Gasteiger partial charge in [-0.3, -0.25) is 4.79 Å². The second kappa shape index (κ2) is 4.86. The van der Waals surface area contributed by atoms with Crippen LogP contribution in [0.2, 0.25) is 0 Å². The second-order valence-electron chi connectivity index (χ2n) is 4.87. The fourth-order valence-electron chi connectivity index (χ4n) is 2.77. The highest BCUT2D eigenvalue weighted by Gasteiger charge is 2.31. The van der Waals surface area contributed by atoms with Gasteiger partial charge in [0.25, 0.3) is 0 Å². The third kappa shape index (κ3) is 2.48. The first-order valence-corrected chi connectivity index (χ1v) is 6.08. The van der Waals surface area contributed by atoms with Crippen LogP contribution in [0.15, 0.2) is 18.2 Å². The molecule has 3 heteroatoms. The van der Waals surface area contributed by atoms with Gasteiger partial charge in [-0.2, -0.15) is 0 Å². The van der Waals surface area contributed by atoms with Gasteiger partial charge < -0.3 is 5.11 Å². The fourth-order valence-corrected chi connectivity index (χ4v) is 2.77. The molecular weight excluding hydrogens is 219 g/mol. The lowest BCUT2D eigenvalue weighted by Gasteiger charge is -2.20. The van der Waals surface area contributed by atoms with Gasteiger partial charge in [0.05, 0.1) is 5.92 Å². The van der Waals surface area contributed by atoms with E-state index in [9.17, 15) is 14.3 Å². The Balaban J connectivity index is 2.31. The van der Waals surface area contributed by atoms with Crippen molar-refractivity contribution in [1.82, 2.24) is 0 Å². The Kier molecular flexibility index (Phi) is 3.46. The van der Waals surface area contributed by atoms with Crippen LogP contribution in [-0.4, -0.2) is 11.1 Å². The van der Waals surface area contributed by atoms with Crippen molar-refractivity contribution < 1.29 is 14.3 Å². The Morgan fingerprint density at radius 1 is 1.41 bits per heavy atom. The highest BCUT2D eigenvalue weighted by Crippen LogP contribution is 2.37. The Morgan fingerprint density at radius 3 is 2.59 bits per heavy atom. The van der Waals surface area contributed by atoms with E-state index in [1.807, 2.05) is 0 Å². The van der Waals surface area contributed by atoms with E-state index in [-0.39, 0.29) is 11.7 Å². The average Bonchev–Trinajstić information content (AvgIpc) is 2.76. The predicted molar refractivity (Wildman–Crippen MR) is 63.5 cm³/mol. The van der Waals surface area contributed by atoms with E-state index in [0.717, 1.165) is 31.2 Å². The van der Waals surface area contributed by atoms with E-state index in [0.29, 0.717) is 5.56 Å². The lowest BCUT2D eigenvalue weighted by atomic mass is 9.84. The smallest absolute Gasteiger partial charge is 0.311 e. The molecule has 1 aliphatic carbocycles. The number of aryl methyl sites for hydroxylation is 1. The van der Waals surface area contributed by atoms with Crippen LogP contribution in [0.25, 0.3) is 0 Å². The van der Waals surface area contributed by atoms with Gasteiger partial charge in [0.1, 0.15) is 5.82 Å². The van der Waals surface area contributed by atoms with E-state index < -0.39 is 11.9 Å². The molecule has 0 radical (unpaired) electrons. The molecule has 0 spiro atoms. The van der Waals surface area contributed by atoms with Crippen LogP contribution in [-0.2, 0) is 4.79 Å². The summed E-state index contributed by atoms with van der Waals surface area (Å²) in [5, 5.41) is 9.35. The van der Waals surface area contributed by atoms with Crippen LogP contribution in [0.1, 0.15) is 42.7 Å². The lowest BCUT2D eigenvalue weighted by molar-refractivity contribution is -0.140. The highest BCUT2D eigenvalue weighted by atomic mass is 19.1. The minimum Gasteiger partial charge on any atom is -0.481 e. The topological polar surface area (TPSA) is 37.3 Å². The summed E-state index contributed by atoms with van der Waals surface area (Å²) in [6, 6.07) is 4.65. The number of halogens is 1. The van der Waals surface area contributed by atoms with Crippen LogP contribution in [0.3, 0.4) is 0 Å². The molecule has 1 aliphatic rings. The molecule has 1 saturated carbocycles. The maximum absolute atomic E-state index is 13.2. The zero-order valence-electron chi connectivity index (χ0n) is 9.95. The first-order valence-electron chi connectivity index (χ1n) is 6.08. The minimum absolute atomic E-state index is 0.206. The Bertz CT molecular complexity index is 422. The molecule has 2 rings (SSSR count). The van der Waals surface area contributed by atoms with Crippen molar-refractivity contribution in [2.75, 3.05) is 0 Å². The first kappa shape index (κ1) is 12.1. The van der Waals surface area contributed by atoms with E-state index in [1.54, 1.807) is 19.1 Å².